The Labute approximate surface area is 185 Å². The molecular formula is C22H24ClFN4O3. The summed E-state index contributed by atoms with van der Waals surface area (Å²) in [6, 6.07) is 5.84. The van der Waals surface area contributed by atoms with E-state index >= 15 is 0 Å². The van der Waals surface area contributed by atoms with Gasteiger partial charge in [0.15, 0.2) is 5.78 Å². The minimum Gasteiger partial charge on any atom is -0.488 e. The number of rotatable bonds is 8. The molecule has 164 valence electrons. The molecule has 0 amide bonds. The van der Waals surface area contributed by atoms with E-state index in [1.807, 2.05) is 0 Å². The molecule has 4 rings (SSSR count). The van der Waals surface area contributed by atoms with Crippen LogP contribution in [0.4, 0.5) is 10.1 Å². The number of fused-ring (bicyclic) bond motifs is 1. The Morgan fingerprint density at radius 1 is 1.26 bits per heavy atom. The minimum atomic E-state index is -0.509. The molecule has 3 heterocycles. The van der Waals surface area contributed by atoms with Gasteiger partial charge in [-0.15, -0.1) is 0 Å². The molecule has 1 aromatic carbocycles. The normalized spacial score (nSPS) is 16.7. The van der Waals surface area contributed by atoms with E-state index in [4.69, 9.17) is 21.1 Å². The van der Waals surface area contributed by atoms with Crippen LogP contribution in [0.2, 0.25) is 5.02 Å². The third kappa shape index (κ3) is 5.65. The molecule has 1 fully saturated rings. The van der Waals surface area contributed by atoms with Crippen LogP contribution < -0.4 is 10.1 Å². The third-order valence-electron chi connectivity index (χ3n) is 5.23. The average Bonchev–Trinajstić information content (AvgIpc) is 2.78. The molecule has 1 N–H and O–H groups in total. The highest BCUT2D eigenvalue weighted by Crippen LogP contribution is 2.29. The lowest BCUT2D eigenvalue weighted by molar-refractivity contribution is 0.0384. The lowest BCUT2D eigenvalue weighted by atomic mass is 10.00. The van der Waals surface area contributed by atoms with Gasteiger partial charge >= 0.3 is 0 Å². The van der Waals surface area contributed by atoms with Gasteiger partial charge in [-0.25, -0.2) is 4.39 Å². The number of morpholine rings is 1. The number of aromatic nitrogens is 1. The van der Waals surface area contributed by atoms with E-state index in [1.165, 1.54) is 18.2 Å². The first kappa shape index (κ1) is 21.8. The summed E-state index contributed by atoms with van der Waals surface area (Å²) < 4.78 is 24.3. The van der Waals surface area contributed by atoms with Gasteiger partial charge in [0.1, 0.15) is 18.2 Å². The van der Waals surface area contributed by atoms with Crippen LogP contribution in [0.1, 0.15) is 22.5 Å². The van der Waals surface area contributed by atoms with Gasteiger partial charge in [0.25, 0.3) is 0 Å². The predicted octanol–water partition coefficient (Wildman–Crippen LogP) is 3.03. The first-order valence-corrected chi connectivity index (χ1v) is 10.6. The van der Waals surface area contributed by atoms with Gasteiger partial charge in [0.05, 0.1) is 41.8 Å². The van der Waals surface area contributed by atoms with E-state index < -0.39 is 5.82 Å². The van der Waals surface area contributed by atoms with E-state index in [0.29, 0.717) is 29.3 Å². The number of ether oxygens (including phenoxy) is 2. The Morgan fingerprint density at radius 2 is 2.10 bits per heavy atom. The van der Waals surface area contributed by atoms with Crippen molar-refractivity contribution >= 4 is 28.8 Å². The highest BCUT2D eigenvalue weighted by molar-refractivity contribution is 6.30. The van der Waals surface area contributed by atoms with Crippen LogP contribution in [0.25, 0.3) is 0 Å². The van der Waals surface area contributed by atoms with Gasteiger partial charge in [-0.2, -0.15) is 0 Å². The van der Waals surface area contributed by atoms with Gasteiger partial charge in [0, 0.05) is 50.6 Å². The van der Waals surface area contributed by atoms with Crippen LogP contribution in [0.3, 0.4) is 0 Å². The molecule has 2 aliphatic heterocycles. The Balaban J connectivity index is 1.39. The van der Waals surface area contributed by atoms with Crippen molar-refractivity contribution in [2.24, 2.45) is 4.99 Å². The van der Waals surface area contributed by atoms with Crippen molar-refractivity contribution in [1.82, 2.24) is 15.2 Å². The number of carbonyl (C=O) groups excluding carboxylic acids is 1. The second kappa shape index (κ2) is 10.3. The van der Waals surface area contributed by atoms with Crippen LogP contribution >= 0.6 is 11.6 Å². The SMILES string of the molecule is O=C1CC(COc2ccc(F)c(Cl)c2)=Nc2c1ccnc2CNCCN1CCOCC1. The van der Waals surface area contributed by atoms with E-state index in [-0.39, 0.29) is 23.8 Å². The van der Waals surface area contributed by atoms with Crippen molar-refractivity contribution in [3.05, 3.63) is 52.6 Å². The fourth-order valence-electron chi connectivity index (χ4n) is 3.54. The molecule has 0 aliphatic carbocycles. The number of benzene rings is 1. The molecule has 1 aromatic heterocycles. The number of ketones is 1. The quantitative estimate of drug-likeness (QED) is 0.628. The average molecular weight is 447 g/mol. The number of nitrogens with one attached hydrogen (secondary N) is 1. The first-order chi connectivity index (χ1) is 15.1. The number of Topliss-reactive ketones (excluding diaryl/α,β-unsaturated/α-hetero) is 1. The van der Waals surface area contributed by atoms with Crippen molar-refractivity contribution in [1.29, 1.82) is 0 Å². The molecule has 7 nitrogen and oxygen atoms in total. The summed E-state index contributed by atoms with van der Waals surface area (Å²) in [6.45, 7) is 5.82. The molecule has 31 heavy (non-hydrogen) atoms. The fourth-order valence-corrected chi connectivity index (χ4v) is 3.71. The lowest BCUT2D eigenvalue weighted by Crippen LogP contribution is -2.40. The van der Waals surface area contributed by atoms with Crippen molar-refractivity contribution in [3.63, 3.8) is 0 Å². The number of nitrogens with zero attached hydrogens (tertiary/aromatic N) is 3. The van der Waals surface area contributed by atoms with Crippen LogP contribution in [-0.4, -0.2) is 67.4 Å². The monoisotopic (exact) mass is 446 g/mol. The van der Waals surface area contributed by atoms with Gasteiger partial charge in [-0.3, -0.25) is 19.7 Å². The summed E-state index contributed by atoms with van der Waals surface area (Å²) >= 11 is 5.79. The van der Waals surface area contributed by atoms with Gasteiger partial charge in [-0.1, -0.05) is 11.6 Å². The number of halogens is 2. The molecule has 0 atom stereocenters. The molecular weight excluding hydrogens is 423 g/mol. The standard InChI is InChI=1S/C22H24ClFN4O3/c23-18-12-16(1-2-19(18)24)31-14-15-11-21(29)17-3-4-26-20(22(17)27-15)13-25-5-6-28-7-9-30-10-8-28/h1-4,12,25H,5-11,13-14H2. The van der Waals surface area contributed by atoms with Crippen molar-refractivity contribution in [2.45, 2.75) is 13.0 Å². The molecule has 0 saturated carbocycles. The fraction of sp³-hybridized carbons (Fsp3) is 0.409. The van der Waals surface area contributed by atoms with Crippen molar-refractivity contribution in [3.8, 4) is 5.75 Å². The summed E-state index contributed by atoms with van der Waals surface area (Å²) in [5, 5.41) is 3.38. The maximum atomic E-state index is 13.3. The minimum absolute atomic E-state index is 0.0147. The summed E-state index contributed by atoms with van der Waals surface area (Å²) in [4.78, 5) is 24.1. The van der Waals surface area contributed by atoms with Crippen LogP contribution in [0, 0.1) is 5.82 Å². The zero-order valence-corrected chi connectivity index (χ0v) is 17.8. The van der Waals surface area contributed by atoms with Crippen molar-refractivity contribution in [2.75, 3.05) is 46.0 Å². The summed E-state index contributed by atoms with van der Waals surface area (Å²) in [5.41, 5.74) is 2.50. The molecule has 9 heteroatoms. The number of hydrogen-bond donors (Lipinski definition) is 1. The zero-order chi connectivity index (χ0) is 21.6. The Kier molecular flexibility index (Phi) is 7.24. The van der Waals surface area contributed by atoms with Crippen LogP contribution in [0.15, 0.2) is 35.5 Å². The topological polar surface area (TPSA) is 76.0 Å². The maximum absolute atomic E-state index is 13.3. The van der Waals surface area contributed by atoms with Gasteiger partial charge in [0.2, 0.25) is 0 Å². The van der Waals surface area contributed by atoms with E-state index in [1.54, 1.807) is 12.3 Å². The molecule has 0 radical (unpaired) electrons. The second-order valence-electron chi connectivity index (χ2n) is 7.43. The second-order valence-corrected chi connectivity index (χ2v) is 7.83. The van der Waals surface area contributed by atoms with Crippen LogP contribution in [-0.2, 0) is 11.3 Å². The molecule has 0 spiro atoms. The van der Waals surface area contributed by atoms with Gasteiger partial charge < -0.3 is 14.8 Å². The van der Waals surface area contributed by atoms with Gasteiger partial charge in [-0.05, 0) is 18.2 Å². The smallest absolute Gasteiger partial charge is 0.170 e. The van der Waals surface area contributed by atoms with Crippen LogP contribution in [0.5, 0.6) is 5.75 Å². The Bertz CT molecular complexity index is 979. The van der Waals surface area contributed by atoms with Crippen molar-refractivity contribution < 1.29 is 18.7 Å². The summed E-state index contributed by atoms with van der Waals surface area (Å²) in [7, 11) is 0. The van der Waals surface area contributed by atoms with E-state index in [2.05, 4.69) is 20.2 Å². The Hall–Kier alpha value is -2.39. The number of carbonyl (C=O) groups is 1. The van der Waals surface area contributed by atoms with E-state index in [9.17, 15) is 9.18 Å². The summed E-state index contributed by atoms with van der Waals surface area (Å²) in [5.74, 6) is -0.105. The zero-order valence-electron chi connectivity index (χ0n) is 17.1. The third-order valence-corrected chi connectivity index (χ3v) is 5.52. The number of aliphatic imine (C=N–C) groups is 1. The summed E-state index contributed by atoms with van der Waals surface area (Å²) in [6.07, 6.45) is 1.82. The molecule has 1 saturated heterocycles. The number of pyridine rings is 1. The molecule has 0 unspecified atom stereocenters. The lowest BCUT2D eigenvalue weighted by Gasteiger charge is -2.26. The maximum Gasteiger partial charge on any atom is 0.170 e. The molecule has 0 bridgehead atoms. The van der Waals surface area contributed by atoms with E-state index in [0.717, 1.165) is 45.1 Å². The highest BCUT2D eigenvalue weighted by Gasteiger charge is 2.23. The largest absolute Gasteiger partial charge is 0.488 e. The highest BCUT2D eigenvalue weighted by atomic mass is 35.5. The Morgan fingerprint density at radius 3 is 2.90 bits per heavy atom. The molecule has 2 aromatic rings. The number of hydrogen-bond acceptors (Lipinski definition) is 7. The predicted molar refractivity (Wildman–Crippen MR) is 116 cm³/mol. The molecule has 2 aliphatic rings. The first-order valence-electron chi connectivity index (χ1n) is 10.3.